The highest BCUT2D eigenvalue weighted by molar-refractivity contribution is 6.34. The van der Waals surface area contributed by atoms with E-state index in [1.54, 1.807) is 0 Å². The lowest BCUT2D eigenvalue weighted by atomic mass is 10.1. The highest BCUT2D eigenvalue weighted by atomic mass is 35.5. The van der Waals surface area contributed by atoms with Gasteiger partial charge in [0.2, 0.25) is 0 Å². The molecular weight excluding hydrogens is 272 g/mol. The average Bonchev–Trinajstić information content (AvgIpc) is 2.37. The minimum absolute atomic E-state index is 0.0400. The highest BCUT2D eigenvalue weighted by Gasteiger charge is 2.26. The van der Waals surface area contributed by atoms with Crippen molar-refractivity contribution in [3.63, 3.8) is 0 Å². The second-order valence-corrected chi connectivity index (χ2v) is 4.31. The van der Waals surface area contributed by atoms with Crippen LogP contribution in [0.5, 0.6) is 0 Å². The second-order valence-electron chi connectivity index (χ2n) is 3.91. The van der Waals surface area contributed by atoms with Gasteiger partial charge in [-0.05, 0) is 12.5 Å². The number of aliphatic hydroxyl groups excluding tert-OH is 1. The Hall–Kier alpha value is -1.66. The lowest BCUT2D eigenvalue weighted by molar-refractivity contribution is -0.385. The molecule has 0 spiro atoms. The Morgan fingerprint density at radius 2 is 2.16 bits per heavy atom. The van der Waals surface area contributed by atoms with Crippen molar-refractivity contribution in [3.05, 3.63) is 38.9 Å². The molecule has 0 unspecified atom stereocenters. The van der Waals surface area contributed by atoms with Crippen LogP contribution in [0.15, 0.2) is 18.2 Å². The summed E-state index contributed by atoms with van der Waals surface area (Å²) in [6.45, 7) is 2.19. The first-order valence-electron chi connectivity index (χ1n) is 5.86. The highest BCUT2D eigenvalue weighted by Crippen LogP contribution is 2.27. The first-order valence-corrected chi connectivity index (χ1v) is 6.23. The number of rotatable bonds is 6. The Kier molecular flexibility index (Phi) is 5.72. The topological polar surface area (TPSA) is 83.7 Å². The summed E-state index contributed by atoms with van der Waals surface area (Å²) < 4.78 is 0. The number of aliphatic hydroxyl groups is 1. The van der Waals surface area contributed by atoms with Crippen molar-refractivity contribution in [1.82, 2.24) is 4.90 Å². The van der Waals surface area contributed by atoms with E-state index >= 15 is 0 Å². The summed E-state index contributed by atoms with van der Waals surface area (Å²) >= 11 is 5.90. The molecule has 0 radical (unpaired) electrons. The summed E-state index contributed by atoms with van der Waals surface area (Å²) in [5.74, 6) is -0.534. The molecule has 0 aromatic heterocycles. The van der Waals surface area contributed by atoms with Crippen molar-refractivity contribution in [2.45, 2.75) is 13.3 Å². The maximum atomic E-state index is 12.3. The molecule has 19 heavy (non-hydrogen) atoms. The van der Waals surface area contributed by atoms with E-state index in [2.05, 4.69) is 0 Å². The number of halogens is 1. The number of carbonyl (C=O) groups is 1. The van der Waals surface area contributed by atoms with Crippen LogP contribution in [0.3, 0.4) is 0 Å². The third-order valence-corrected chi connectivity index (χ3v) is 2.87. The van der Waals surface area contributed by atoms with Crippen LogP contribution in [0.2, 0.25) is 5.02 Å². The number of nitro benzene ring substituents is 1. The summed E-state index contributed by atoms with van der Waals surface area (Å²) in [6, 6.07) is 4.10. The van der Waals surface area contributed by atoms with E-state index < -0.39 is 10.8 Å². The molecule has 1 rings (SSSR count). The van der Waals surface area contributed by atoms with Crippen LogP contribution in [-0.2, 0) is 0 Å². The van der Waals surface area contributed by atoms with Crippen molar-refractivity contribution < 1.29 is 14.8 Å². The number of carbonyl (C=O) groups excluding carboxylic acids is 1. The molecule has 1 aromatic carbocycles. The van der Waals surface area contributed by atoms with Gasteiger partial charge in [-0.3, -0.25) is 14.9 Å². The lowest BCUT2D eigenvalue weighted by Gasteiger charge is -2.21. The second kappa shape index (κ2) is 7.06. The van der Waals surface area contributed by atoms with Gasteiger partial charge in [0.1, 0.15) is 5.56 Å². The molecular formula is C12H15ClN2O4. The van der Waals surface area contributed by atoms with Gasteiger partial charge in [0.15, 0.2) is 0 Å². The van der Waals surface area contributed by atoms with Gasteiger partial charge in [0.25, 0.3) is 11.6 Å². The number of hydrogen-bond donors (Lipinski definition) is 1. The molecule has 0 heterocycles. The van der Waals surface area contributed by atoms with Crippen molar-refractivity contribution in [2.75, 3.05) is 19.7 Å². The van der Waals surface area contributed by atoms with E-state index in [-0.39, 0.29) is 29.4 Å². The van der Waals surface area contributed by atoms with Crippen molar-refractivity contribution in [3.8, 4) is 0 Å². The number of nitrogens with zero attached hydrogens (tertiary/aromatic N) is 2. The molecule has 0 aliphatic heterocycles. The summed E-state index contributed by atoms with van der Waals surface area (Å²) in [5.41, 5.74) is -0.451. The van der Waals surface area contributed by atoms with Gasteiger partial charge in [-0.2, -0.15) is 0 Å². The van der Waals surface area contributed by atoms with Gasteiger partial charge in [0, 0.05) is 19.2 Å². The fraction of sp³-hybridized carbons (Fsp3) is 0.417. The minimum Gasteiger partial charge on any atom is -0.395 e. The van der Waals surface area contributed by atoms with E-state index in [9.17, 15) is 14.9 Å². The normalized spacial score (nSPS) is 10.3. The van der Waals surface area contributed by atoms with Gasteiger partial charge < -0.3 is 10.0 Å². The third-order valence-electron chi connectivity index (χ3n) is 2.55. The predicted octanol–water partition coefficient (Wildman–Crippen LogP) is 2.09. The van der Waals surface area contributed by atoms with Gasteiger partial charge in [-0.1, -0.05) is 24.6 Å². The van der Waals surface area contributed by atoms with Crippen LogP contribution >= 0.6 is 11.6 Å². The molecule has 0 atom stereocenters. The molecule has 0 aliphatic rings. The molecule has 0 aliphatic carbocycles. The monoisotopic (exact) mass is 286 g/mol. The Labute approximate surface area is 115 Å². The van der Waals surface area contributed by atoms with Gasteiger partial charge in [0.05, 0.1) is 16.6 Å². The van der Waals surface area contributed by atoms with E-state index in [0.717, 1.165) is 0 Å². The summed E-state index contributed by atoms with van der Waals surface area (Å²) in [5, 5.41) is 19.9. The largest absolute Gasteiger partial charge is 0.395 e. The number of amides is 1. The van der Waals surface area contributed by atoms with Gasteiger partial charge in [-0.25, -0.2) is 0 Å². The number of nitro groups is 1. The molecule has 0 fully saturated rings. The Morgan fingerprint density at radius 3 is 2.68 bits per heavy atom. The molecule has 0 saturated carbocycles. The molecule has 7 heteroatoms. The summed E-state index contributed by atoms with van der Waals surface area (Å²) in [6.07, 6.45) is 0.685. The standard InChI is InChI=1S/C12H15ClN2O4/c1-2-6-14(7-8-16)12(17)11-9(13)4-3-5-10(11)15(18)19/h3-5,16H,2,6-8H2,1H3. The van der Waals surface area contributed by atoms with Crippen molar-refractivity contribution in [1.29, 1.82) is 0 Å². The molecule has 104 valence electrons. The van der Waals surface area contributed by atoms with Gasteiger partial charge >= 0.3 is 0 Å². The first kappa shape index (κ1) is 15.4. The zero-order valence-electron chi connectivity index (χ0n) is 10.5. The third kappa shape index (κ3) is 3.65. The van der Waals surface area contributed by atoms with Crippen LogP contribution in [0.25, 0.3) is 0 Å². The fourth-order valence-electron chi connectivity index (χ4n) is 1.74. The van der Waals surface area contributed by atoms with Gasteiger partial charge in [-0.15, -0.1) is 0 Å². The Balaban J connectivity index is 3.19. The van der Waals surface area contributed by atoms with Crippen LogP contribution < -0.4 is 0 Å². The SMILES string of the molecule is CCCN(CCO)C(=O)c1c(Cl)cccc1[N+](=O)[O-]. The first-order chi connectivity index (χ1) is 9.02. The Morgan fingerprint density at radius 1 is 1.47 bits per heavy atom. The predicted molar refractivity (Wildman–Crippen MR) is 71.4 cm³/mol. The summed E-state index contributed by atoms with van der Waals surface area (Å²) in [7, 11) is 0. The van der Waals surface area contributed by atoms with Crippen LogP contribution in [0, 0.1) is 10.1 Å². The lowest BCUT2D eigenvalue weighted by Crippen LogP contribution is -2.34. The minimum atomic E-state index is -0.637. The van der Waals surface area contributed by atoms with E-state index in [0.29, 0.717) is 13.0 Å². The van der Waals surface area contributed by atoms with Crippen molar-refractivity contribution in [2.24, 2.45) is 0 Å². The summed E-state index contributed by atoms with van der Waals surface area (Å²) in [4.78, 5) is 24.0. The van der Waals surface area contributed by atoms with E-state index in [1.165, 1.54) is 23.1 Å². The average molecular weight is 287 g/mol. The van der Waals surface area contributed by atoms with Crippen LogP contribution in [-0.4, -0.2) is 40.5 Å². The molecule has 6 nitrogen and oxygen atoms in total. The zero-order valence-corrected chi connectivity index (χ0v) is 11.3. The molecule has 1 aromatic rings. The smallest absolute Gasteiger partial charge is 0.283 e. The zero-order chi connectivity index (χ0) is 14.4. The van der Waals surface area contributed by atoms with E-state index in [1.807, 2.05) is 6.92 Å². The van der Waals surface area contributed by atoms with Crippen molar-refractivity contribution >= 4 is 23.2 Å². The molecule has 1 N–H and O–H groups in total. The molecule has 0 bridgehead atoms. The molecule has 1 amide bonds. The maximum Gasteiger partial charge on any atom is 0.283 e. The maximum absolute atomic E-state index is 12.3. The Bertz CT molecular complexity index is 473. The number of benzene rings is 1. The number of hydrogen-bond acceptors (Lipinski definition) is 4. The van der Waals surface area contributed by atoms with Crippen LogP contribution in [0.1, 0.15) is 23.7 Å². The fourth-order valence-corrected chi connectivity index (χ4v) is 1.99. The quantitative estimate of drug-likeness (QED) is 0.641. The van der Waals surface area contributed by atoms with E-state index in [4.69, 9.17) is 16.7 Å². The molecule has 0 saturated heterocycles. The van der Waals surface area contributed by atoms with Crippen LogP contribution in [0.4, 0.5) is 5.69 Å².